The average Bonchev–Trinajstić information content (AvgIpc) is 1.84. The van der Waals surface area contributed by atoms with E-state index in [4.69, 9.17) is 39.9 Å². The van der Waals surface area contributed by atoms with Gasteiger partial charge in [0.15, 0.2) is 6.23 Å². The molecule has 0 aliphatic carbocycles. The standard InChI is InChI=1S/C5H4Cl3NO/c6-2-1-3(7)5(10)9-4(2)8/h1,5,9-10H. The van der Waals surface area contributed by atoms with Crippen molar-refractivity contribution in [3.63, 3.8) is 0 Å². The summed E-state index contributed by atoms with van der Waals surface area (Å²) in [6.07, 6.45) is 0.462. The van der Waals surface area contributed by atoms with E-state index in [9.17, 15) is 0 Å². The molecule has 1 atom stereocenters. The molecule has 2 nitrogen and oxygen atoms in total. The van der Waals surface area contributed by atoms with Crippen LogP contribution >= 0.6 is 34.8 Å². The fourth-order valence-electron chi connectivity index (χ4n) is 0.521. The summed E-state index contributed by atoms with van der Waals surface area (Å²) in [6.45, 7) is 0. The maximum atomic E-state index is 8.98. The van der Waals surface area contributed by atoms with Crippen molar-refractivity contribution in [2.75, 3.05) is 0 Å². The topological polar surface area (TPSA) is 32.3 Å². The van der Waals surface area contributed by atoms with Gasteiger partial charge in [-0.3, -0.25) is 0 Å². The second-order valence-corrected chi connectivity index (χ2v) is 2.96. The molecular formula is C5H4Cl3NO. The van der Waals surface area contributed by atoms with Gasteiger partial charge in [-0.1, -0.05) is 34.8 Å². The fourth-order valence-corrected chi connectivity index (χ4v) is 1.07. The number of allylic oxidation sites excluding steroid dienone is 2. The molecule has 0 fully saturated rings. The van der Waals surface area contributed by atoms with Crippen molar-refractivity contribution in [1.82, 2.24) is 5.32 Å². The van der Waals surface area contributed by atoms with Gasteiger partial charge in [-0.05, 0) is 6.08 Å². The molecule has 1 aliphatic heterocycles. The van der Waals surface area contributed by atoms with Crippen molar-refractivity contribution in [2.45, 2.75) is 6.23 Å². The number of aliphatic hydroxyl groups excluding tert-OH is 1. The molecule has 0 aromatic heterocycles. The zero-order valence-electron chi connectivity index (χ0n) is 4.74. The van der Waals surface area contributed by atoms with Crippen molar-refractivity contribution < 1.29 is 5.11 Å². The van der Waals surface area contributed by atoms with Crippen molar-refractivity contribution in [3.05, 3.63) is 21.3 Å². The lowest BCUT2D eigenvalue weighted by molar-refractivity contribution is 0.194. The minimum absolute atomic E-state index is 0.207. The summed E-state index contributed by atoms with van der Waals surface area (Å²) in [6, 6.07) is 0. The van der Waals surface area contributed by atoms with Gasteiger partial charge in [-0.2, -0.15) is 0 Å². The zero-order chi connectivity index (χ0) is 7.72. The van der Waals surface area contributed by atoms with Gasteiger partial charge >= 0.3 is 0 Å². The Balaban J connectivity index is 2.88. The third kappa shape index (κ3) is 1.58. The summed E-state index contributed by atoms with van der Waals surface area (Å²) in [5.74, 6) is 0. The Labute approximate surface area is 73.1 Å². The Morgan fingerprint density at radius 1 is 1.40 bits per heavy atom. The Bertz CT molecular complexity index is 211. The number of hydrogen-bond acceptors (Lipinski definition) is 2. The van der Waals surface area contributed by atoms with Gasteiger partial charge in [0.1, 0.15) is 5.16 Å². The van der Waals surface area contributed by atoms with Crippen LogP contribution in [0.25, 0.3) is 0 Å². The Morgan fingerprint density at radius 2 is 2.00 bits per heavy atom. The third-order valence-corrected chi connectivity index (χ3v) is 2.02. The first kappa shape index (κ1) is 8.21. The normalized spacial score (nSPS) is 26.0. The summed E-state index contributed by atoms with van der Waals surface area (Å²) in [5.41, 5.74) is 0. The lowest BCUT2D eigenvalue weighted by Gasteiger charge is -2.17. The van der Waals surface area contributed by atoms with Crippen molar-refractivity contribution in [3.8, 4) is 0 Å². The van der Waals surface area contributed by atoms with Gasteiger partial charge in [0.25, 0.3) is 0 Å². The van der Waals surface area contributed by atoms with E-state index in [2.05, 4.69) is 5.32 Å². The summed E-state index contributed by atoms with van der Waals surface area (Å²) in [7, 11) is 0. The summed E-state index contributed by atoms with van der Waals surface area (Å²) >= 11 is 16.5. The van der Waals surface area contributed by atoms with Gasteiger partial charge in [0, 0.05) is 0 Å². The maximum Gasteiger partial charge on any atom is 0.162 e. The smallest absolute Gasteiger partial charge is 0.162 e. The molecule has 10 heavy (non-hydrogen) atoms. The number of nitrogens with one attached hydrogen (secondary N) is 1. The van der Waals surface area contributed by atoms with Crippen LogP contribution < -0.4 is 5.32 Å². The first-order valence-electron chi connectivity index (χ1n) is 2.48. The lowest BCUT2D eigenvalue weighted by atomic mass is 10.3. The molecule has 0 radical (unpaired) electrons. The first-order chi connectivity index (χ1) is 4.61. The highest BCUT2D eigenvalue weighted by molar-refractivity contribution is 6.41. The minimum Gasteiger partial charge on any atom is -0.369 e. The molecule has 56 valence electrons. The second-order valence-electron chi connectivity index (χ2n) is 1.74. The van der Waals surface area contributed by atoms with E-state index in [0.717, 1.165) is 0 Å². The van der Waals surface area contributed by atoms with Crippen LogP contribution in [0, 0.1) is 0 Å². The monoisotopic (exact) mass is 199 g/mol. The van der Waals surface area contributed by atoms with E-state index >= 15 is 0 Å². The molecule has 0 amide bonds. The summed E-state index contributed by atoms with van der Waals surface area (Å²) in [4.78, 5) is 0. The molecule has 1 rings (SSSR count). The number of dihydropyridines is 1. The molecule has 2 N–H and O–H groups in total. The van der Waals surface area contributed by atoms with Crippen molar-refractivity contribution in [1.29, 1.82) is 0 Å². The third-order valence-electron chi connectivity index (χ3n) is 0.999. The maximum absolute atomic E-state index is 8.98. The molecule has 1 unspecified atom stereocenters. The molecule has 5 heteroatoms. The molecule has 0 spiro atoms. The highest BCUT2D eigenvalue weighted by atomic mass is 35.5. The SMILES string of the molecule is OC1NC(Cl)=C(Cl)C=C1Cl. The molecule has 0 saturated carbocycles. The predicted molar refractivity (Wildman–Crippen MR) is 41.8 cm³/mol. The van der Waals surface area contributed by atoms with Gasteiger partial charge in [-0.15, -0.1) is 0 Å². The highest BCUT2D eigenvalue weighted by Crippen LogP contribution is 2.23. The molecule has 0 aromatic carbocycles. The molecule has 0 saturated heterocycles. The van der Waals surface area contributed by atoms with E-state index < -0.39 is 6.23 Å². The number of aliphatic hydroxyl groups is 1. The Hall–Kier alpha value is 0.110. The summed E-state index contributed by atoms with van der Waals surface area (Å²) in [5, 5.41) is 12.2. The molecule has 0 bridgehead atoms. The Kier molecular flexibility index (Phi) is 2.47. The lowest BCUT2D eigenvalue weighted by Crippen LogP contribution is -2.29. The van der Waals surface area contributed by atoms with E-state index in [1.165, 1.54) is 6.08 Å². The summed E-state index contributed by atoms with van der Waals surface area (Å²) < 4.78 is 0. The van der Waals surface area contributed by atoms with Crippen LogP contribution in [-0.4, -0.2) is 11.3 Å². The molecule has 0 aromatic rings. The second kappa shape index (κ2) is 3.01. The van der Waals surface area contributed by atoms with Crippen LogP contribution in [0.1, 0.15) is 0 Å². The predicted octanol–water partition coefficient (Wildman–Crippen LogP) is 1.68. The number of hydrogen-bond donors (Lipinski definition) is 2. The van der Waals surface area contributed by atoms with Crippen molar-refractivity contribution in [2.24, 2.45) is 0 Å². The first-order valence-corrected chi connectivity index (χ1v) is 3.61. The van der Waals surface area contributed by atoms with E-state index in [0.29, 0.717) is 5.03 Å². The molecular weight excluding hydrogens is 196 g/mol. The van der Waals surface area contributed by atoms with Gasteiger partial charge in [-0.25, -0.2) is 0 Å². The van der Waals surface area contributed by atoms with Crippen LogP contribution in [0.5, 0.6) is 0 Å². The van der Waals surface area contributed by atoms with Crippen LogP contribution in [-0.2, 0) is 0 Å². The average molecular weight is 200 g/mol. The largest absolute Gasteiger partial charge is 0.369 e. The number of rotatable bonds is 0. The quantitative estimate of drug-likeness (QED) is 0.583. The zero-order valence-corrected chi connectivity index (χ0v) is 7.00. The molecule has 1 heterocycles. The highest BCUT2D eigenvalue weighted by Gasteiger charge is 2.15. The fraction of sp³-hybridized carbons (Fsp3) is 0.200. The van der Waals surface area contributed by atoms with E-state index in [-0.39, 0.29) is 10.2 Å². The molecule has 1 aliphatic rings. The van der Waals surface area contributed by atoms with Crippen LogP contribution in [0.4, 0.5) is 0 Å². The Morgan fingerprint density at radius 3 is 2.50 bits per heavy atom. The van der Waals surface area contributed by atoms with E-state index in [1.54, 1.807) is 0 Å². The van der Waals surface area contributed by atoms with Gasteiger partial charge in [0.2, 0.25) is 0 Å². The minimum atomic E-state index is -0.934. The van der Waals surface area contributed by atoms with Gasteiger partial charge < -0.3 is 10.4 Å². The van der Waals surface area contributed by atoms with Crippen LogP contribution in [0.3, 0.4) is 0 Å². The number of halogens is 3. The van der Waals surface area contributed by atoms with Gasteiger partial charge in [0.05, 0.1) is 10.1 Å². The van der Waals surface area contributed by atoms with Crippen molar-refractivity contribution >= 4 is 34.8 Å². The van der Waals surface area contributed by atoms with E-state index in [1.807, 2.05) is 0 Å². The van der Waals surface area contributed by atoms with Crippen LogP contribution in [0.2, 0.25) is 0 Å². The van der Waals surface area contributed by atoms with Crippen LogP contribution in [0.15, 0.2) is 21.3 Å².